The highest BCUT2D eigenvalue weighted by atomic mass is 16.3. The third kappa shape index (κ3) is 4.19. The van der Waals surface area contributed by atoms with E-state index >= 15 is 0 Å². The third-order valence-electron chi connectivity index (χ3n) is 3.24. The molecule has 2 rings (SSSR count). The summed E-state index contributed by atoms with van der Waals surface area (Å²) in [6, 6.07) is 11.5. The molecule has 4 nitrogen and oxygen atoms in total. The molecule has 0 aromatic heterocycles. The van der Waals surface area contributed by atoms with Gasteiger partial charge < -0.3 is 10.0 Å². The second-order valence-electron chi connectivity index (χ2n) is 5.44. The first-order valence-electron chi connectivity index (χ1n) is 7.13. The molecule has 0 saturated heterocycles. The lowest BCUT2D eigenvalue weighted by molar-refractivity contribution is 0.476. The molecule has 22 heavy (non-hydrogen) atoms. The molecule has 0 spiro atoms. The first-order chi connectivity index (χ1) is 10.5. The van der Waals surface area contributed by atoms with Crippen molar-refractivity contribution < 1.29 is 5.11 Å². The Morgan fingerprint density at radius 3 is 2.00 bits per heavy atom. The summed E-state index contributed by atoms with van der Waals surface area (Å²) in [6.45, 7) is 6.03. The second-order valence-corrected chi connectivity index (χ2v) is 5.44. The van der Waals surface area contributed by atoms with E-state index in [4.69, 9.17) is 0 Å². The molecule has 0 bridgehead atoms. The number of hydrogen-bond donors (Lipinski definition) is 1. The molecule has 4 heteroatoms. The van der Waals surface area contributed by atoms with Crippen LogP contribution in [0.1, 0.15) is 16.7 Å². The van der Waals surface area contributed by atoms with E-state index in [1.54, 1.807) is 29.7 Å². The Kier molecular flexibility index (Phi) is 4.94. The zero-order valence-corrected chi connectivity index (χ0v) is 13.4. The van der Waals surface area contributed by atoms with Gasteiger partial charge in [0.25, 0.3) is 0 Å². The van der Waals surface area contributed by atoms with Gasteiger partial charge >= 0.3 is 0 Å². The summed E-state index contributed by atoms with van der Waals surface area (Å²) in [7, 11) is 1.85. The minimum absolute atomic E-state index is 0.177. The van der Waals surface area contributed by atoms with Crippen molar-refractivity contribution in [3.8, 4) is 5.75 Å². The molecular formula is C18H21N3O. The summed E-state index contributed by atoms with van der Waals surface area (Å²) >= 11 is 0. The average Bonchev–Trinajstić information content (AvgIpc) is 2.45. The summed E-state index contributed by atoms with van der Waals surface area (Å²) in [6.07, 6.45) is 3.32. The second kappa shape index (κ2) is 6.89. The predicted molar refractivity (Wildman–Crippen MR) is 92.8 cm³/mol. The summed E-state index contributed by atoms with van der Waals surface area (Å²) in [5.41, 5.74) is 4.83. The Labute approximate surface area is 131 Å². The summed E-state index contributed by atoms with van der Waals surface area (Å²) in [4.78, 5) is 10.4. The van der Waals surface area contributed by atoms with Crippen LogP contribution in [-0.2, 0) is 0 Å². The van der Waals surface area contributed by atoms with Crippen LogP contribution in [0.15, 0.2) is 46.4 Å². The van der Waals surface area contributed by atoms with Crippen molar-refractivity contribution in [2.45, 2.75) is 20.8 Å². The Morgan fingerprint density at radius 2 is 1.41 bits per heavy atom. The molecule has 114 valence electrons. The molecule has 0 aliphatic rings. The fourth-order valence-corrected chi connectivity index (χ4v) is 2.03. The minimum atomic E-state index is 0.177. The molecule has 2 aromatic rings. The van der Waals surface area contributed by atoms with Crippen molar-refractivity contribution in [2.75, 3.05) is 7.05 Å². The maximum Gasteiger partial charge on any atom is 0.141 e. The van der Waals surface area contributed by atoms with E-state index in [1.807, 2.05) is 39.1 Å². The van der Waals surface area contributed by atoms with E-state index < -0.39 is 0 Å². The Morgan fingerprint density at radius 1 is 0.864 bits per heavy atom. The molecule has 0 fully saturated rings. The Balaban J connectivity index is 2.07. The van der Waals surface area contributed by atoms with Crippen LogP contribution in [0.2, 0.25) is 0 Å². The number of phenolic OH excluding ortho intramolecular Hbond substituents is 1. The molecule has 0 amide bonds. The minimum Gasteiger partial charge on any atom is -0.506 e. The van der Waals surface area contributed by atoms with E-state index in [-0.39, 0.29) is 5.75 Å². The van der Waals surface area contributed by atoms with Gasteiger partial charge in [-0.3, -0.25) is 0 Å². The number of nitrogens with zero attached hydrogens (tertiary/aromatic N) is 3. The highest BCUT2D eigenvalue weighted by molar-refractivity contribution is 5.79. The zero-order chi connectivity index (χ0) is 16.1. The fourth-order valence-electron chi connectivity index (χ4n) is 2.03. The number of benzene rings is 2. The lowest BCUT2D eigenvalue weighted by atomic mass is 10.1. The molecule has 2 aromatic carbocycles. The van der Waals surface area contributed by atoms with E-state index in [0.717, 1.165) is 16.8 Å². The first kappa shape index (κ1) is 15.8. The molecule has 0 radical (unpaired) electrons. The largest absolute Gasteiger partial charge is 0.506 e. The van der Waals surface area contributed by atoms with Crippen LogP contribution in [-0.4, -0.2) is 29.7 Å². The lowest BCUT2D eigenvalue weighted by Crippen LogP contribution is -2.12. The maximum atomic E-state index is 9.81. The number of hydrogen-bond acceptors (Lipinski definition) is 3. The number of rotatable bonds is 4. The molecule has 0 aliphatic carbocycles. The SMILES string of the molecule is Cc1ccc(N=CN(C)C=Nc2ccc(C)cc2O)c(C)c1. The van der Waals surface area contributed by atoms with Crippen molar-refractivity contribution >= 4 is 24.1 Å². The standard InChI is InChI=1S/C18H21N3O/c1-13-5-7-16(15(3)9-13)19-11-21(4)12-20-17-8-6-14(2)10-18(17)22/h5-12,22H,1-4H3. The molecule has 1 N–H and O–H groups in total. The highest BCUT2D eigenvalue weighted by Crippen LogP contribution is 2.26. The van der Waals surface area contributed by atoms with Gasteiger partial charge in [-0.1, -0.05) is 23.8 Å². The van der Waals surface area contributed by atoms with Crippen molar-refractivity contribution in [3.05, 3.63) is 53.1 Å². The van der Waals surface area contributed by atoms with Crippen LogP contribution in [0, 0.1) is 20.8 Å². The van der Waals surface area contributed by atoms with Crippen LogP contribution < -0.4 is 0 Å². The molecule has 0 atom stereocenters. The first-order valence-corrected chi connectivity index (χ1v) is 7.13. The van der Waals surface area contributed by atoms with Crippen LogP contribution in [0.5, 0.6) is 5.75 Å². The summed E-state index contributed by atoms with van der Waals surface area (Å²) in [5, 5.41) is 9.81. The quantitative estimate of drug-likeness (QED) is 0.676. The van der Waals surface area contributed by atoms with E-state index in [2.05, 4.69) is 23.0 Å². The molecule has 0 aliphatic heterocycles. The van der Waals surface area contributed by atoms with Crippen molar-refractivity contribution in [3.63, 3.8) is 0 Å². The number of aryl methyl sites for hydroxylation is 3. The number of phenols is 1. The molecule has 0 unspecified atom stereocenters. The van der Waals surface area contributed by atoms with Gasteiger partial charge in [-0.25, -0.2) is 9.98 Å². The molecule has 0 saturated carbocycles. The van der Waals surface area contributed by atoms with E-state index in [0.29, 0.717) is 5.69 Å². The Hall–Kier alpha value is -2.62. The predicted octanol–water partition coefficient (Wildman–Crippen LogP) is 4.27. The number of aliphatic imine (C=N–C) groups is 2. The monoisotopic (exact) mass is 295 g/mol. The number of aromatic hydroxyl groups is 1. The van der Waals surface area contributed by atoms with Gasteiger partial charge in [0.1, 0.15) is 11.4 Å². The fraction of sp³-hybridized carbons (Fsp3) is 0.222. The van der Waals surface area contributed by atoms with Crippen LogP contribution in [0.25, 0.3) is 0 Å². The third-order valence-corrected chi connectivity index (χ3v) is 3.24. The summed E-state index contributed by atoms with van der Waals surface area (Å²) in [5.74, 6) is 0.177. The maximum absolute atomic E-state index is 9.81. The van der Waals surface area contributed by atoms with Gasteiger partial charge in [0, 0.05) is 7.05 Å². The van der Waals surface area contributed by atoms with Gasteiger partial charge in [0.05, 0.1) is 18.4 Å². The van der Waals surface area contributed by atoms with Gasteiger partial charge in [-0.15, -0.1) is 0 Å². The van der Waals surface area contributed by atoms with Crippen molar-refractivity contribution in [1.29, 1.82) is 0 Å². The molecule has 0 heterocycles. The van der Waals surface area contributed by atoms with Crippen LogP contribution in [0.4, 0.5) is 11.4 Å². The smallest absolute Gasteiger partial charge is 0.141 e. The average molecular weight is 295 g/mol. The summed E-state index contributed by atoms with van der Waals surface area (Å²) < 4.78 is 0. The Bertz CT molecular complexity index is 659. The van der Waals surface area contributed by atoms with Crippen LogP contribution >= 0.6 is 0 Å². The van der Waals surface area contributed by atoms with Crippen LogP contribution in [0.3, 0.4) is 0 Å². The van der Waals surface area contributed by atoms with Gasteiger partial charge in [0.15, 0.2) is 0 Å². The van der Waals surface area contributed by atoms with Gasteiger partial charge in [-0.05, 0) is 50.1 Å². The van der Waals surface area contributed by atoms with Gasteiger partial charge in [0.2, 0.25) is 0 Å². The van der Waals surface area contributed by atoms with E-state index in [1.165, 1.54) is 5.56 Å². The normalized spacial score (nSPS) is 11.5. The highest BCUT2D eigenvalue weighted by Gasteiger charge is 1.99. The van der Waals surface area contributed by atoms with Crippen molar-refractivity contribution in [1.82, 2.24) is 4.90 Å². The van der Waals surface area contributed by atoms with E-state index in [9.17, 15) is 5.11 Å². The van der Waals surface area contributed by atoms with Gasteiger partial charge in [-0.2, -0.15) is 0 Å². The molecular weight excluding hydrogens is 274 g/mol. The lowest BCUT2D eigenvalue weighted by Gasteiger charge is -2.07. The zero-order valence-electron chi connectivity index (χ0n) is 13.4. The topological polar surface area (TPSA) is 48.2 Å². The van der Waals surface area contributed by atoms with Crippen molar-refractivity contribution in [2.24, 2.45) is 9.98 Å².